The summed E-state index contributed by atoms with van der Waals surface area (Å²) in [5.41, 5.74) is 10.1. The van der Waals surface area contributed by atoms with E-state index in [1.165, 1.54) is 0 Å². The smallest absolute Gasteiger partial charge is 0.160 e. The fourth-order valence-corrected chi connectivity index (χ4v) is 2.47. The Balaban J connectivity index is 2.32. The van der Waals surface area contributed by atoms with E-state index in [9.17, 15) is 0 Å². The van der Waals surface area contributed by atoms with Gasteiger partial charge in [-0.15, -0.1) is 0 Å². The van der Waals surface area contributed by atoms with Crippen molar-refractivity contribution >= 4 is 22.2 Å². The van der Waals surface area contributed by atoms with Gasteiger partial charge in [-0.2, -0.15) is 0 Å². The number of rotatable bonds is 4. The highest BCUT2D eigenvalue weighted by atomic mass is 14.9. The van der Waals surface area contributed by atoms with Gasteiger partial charge in [0, 0.05) is 22.2 Å². The Hall–Kier alpha value is -3.20. The van der Waals surface area contributed by atoms with Crippen molar-refractivity contribution in [2.45, 2.75) is 0 Å². The number of hydrogen-bond acceptors (Lipinski definition) is 3. The summed E-state index contributed by atoms with van der Waals surface area (Å²) in [6.45, 7) is 7.64. The van der Waals surface area contributed by atoms with Crippen LogP contribution in [0.15, 0.2) is 79.9 Å². The predicted molar refractivity (Wildman–Crippen MR) is 97.8 cm³/mol. The average Bonchev–Trinajstić information content (AvgIpc) is 2.59. The van der Waals surface area contributed by atoms with Crippen LogP contribution in [0.3, 0.4) is 0 Å². The maximum atomic E-state index is 5.88. The van der Waals surface area contributed by atoms with Gasteiger partial charge in [0.2, 0.25) is 0 Å². The van der Waals surface area contributed by atoms with Gasteiger partial charge >= 0.3 is 0 Å². The van der Waals surface area contributed by atoms with Crippen LogP contribution >= 0.6 is 0 Å². The highest BCUT2D eigenvalue weighted by Crippen LogP contribution is 2.27. The molecule has 0 radical (unpaired) electrons. The highest BCUT2D eigenvalue weighted by Gasteiger charge is 2.11. The minimum atomic E-state index is 0.641. The molecule has 2 N–H and O–H groups in total. The van der Waals surface area contributed by atoms with Gasteiger partial charge < -0.3 is 5.73 Å². The van der Waals surface area contributed by atoms with E-state index in [1.54, 1.807) is 12.2 Å². The Morgan fingerprint density at radius 1 is 1.00 bits per heavy atom. The molecule has 0 amide bonds. The third-order valence-corrected chi connectivity index (χ3v) is 3.54. The first-order chi connectivity index (χ1) is 11.2. The standard InChI is InChI=1S/C20H17N3/c1-3-8-14(4-2)19-17-11-5-6-12-18(17)22-20(23-19)15-9-7-10-16(21)13-15/h3-13H,1-2,21H2/b14-8+. The van der Waals surface area contributed by atoms with E-state index in [2.05, 4.69) is 18.1 Å². The van der Waals surface area contributed by atoms with Crippen LogP contribution in [-0.4, -0.2) is 9.97 Å². The van der Waals surface area contributed by atoms with Crippen LogP contribution in [0.2, 0.25) is 0 Å². The first kappa shape index (κ1) is 14.7. The summed E-state index contributed by atoms with van der Waals surface area (Å²) < 4.78 is 0. The summed E-state index contributed by atoms with van der Waals surface area (Å²) in [4.78, 5) is 9.42. The quantitative estimate of drug-likeness (QED) is 0.564. The zero-order valence-corrected chi connectivity index (χ0v) is 12.7. The van der Waals surface area contributed by atoms with E-state index in [1.807, 2.05) is 54.6 Å². The second-order valence-corrected chi connectivity index (χ2v) is 5.10. The molecule has 0 saturated heterocycles. The fourth-order valence-electron chi connectivity index (χ4n) is 2.47. The van der Waals surface area contributed by atoms with Gasteiger partial charge in [0.1, 0.15) is 0 Å². The molecule has 3 heteroatoms. The predicted octanol–water partition coefficient (Wildman–Crippen LogP) is 4.63. The second kappa shape index (κ2) is 6.28. The van der Waals surface area contributed by atoms with E-state index in [-0.39, 0.29) is 0 Å². The number of fused-ring (bicyclic) bond motifs is 1. The van der Waals surface area contributed by atoms with Gasteiger partial charge in [0.15, 0.2) is 5.82 Å². The van der Waals surface area contributed by atoms with E-state index in [0.29, 0.717) is 11.5 Å². The highest BCUT2D eigenvalue weighted by molar-refractivity contribution is 5.93. The number of nitrogens with zero attached hydrogens (tertiary/aromatic N) is 2. The number of nitrogen functional groups attached to an aromatic ring is 1. The van der Waals surface area contributed by atoms with Crippen molar-refractivity contribution in [3.63, 3.8) is 0 Å². The lowest BCUT2D eigenvalue weighted by Gasteiger charge is -2.10. The monoisotopic (exact) mass is 299 g/mol. The Bertz CT molecular complexity index is 923. The number of aromatic nitrogens is 2. The van der Waals surface area contributed by atoms with Gasteiger partial charge in [-0.25, -0.2) is 9.97 Å². The molecule has 0 saturated carbocycles. The minimum absolute atomic E-state index is 0.641. The van der Waals surface area contributed by atoms with Crippen molar-refractivity contribution in [3.8, 4) is 11.4 Å². The fraction of sp³-hybridized carbons (Fsp3) is 0. The third-order valence-electron chi connectivity index (χ3n) is 3.54. The number of nitrogens with two attached hydrogens (primary N) is 1. The van der Waals surface area contributed by atoms with E-state index >= 15 is 0 Å². The normalized spacial score (nSPS) is 11.4. The molecule has 23 heavy (non-hydrogen) atoms. The van der Waals surface area contributed by atoms with E-state index in [0.717, 1.165) is 27.7 Å². The molecule has 0 fully saturated rings. The SMILES string of the molecule is C=C/C=C(\C=C)c1nc(-c2cccc(N)c2)nc2ccccc12. The number of allylic oxidation sites excluding steroid dienone is 4. The minimum Gasteiger partial charge on any atom is -0.399 e. The van der Waals surface area contributed by atoms with Gasteiger partial charge in [-0.1, -0.05) is 61.7 Å². The Labute approximate surface area is 135 Å². The second-order valence-electron chi connectivity index (χ2n) is 5.10. The lowest BCUT2D eigenvalue weighted by Crippen LogP contribution is -1.97. The molecule has 2 aromatic carbocycles. The first-order valence-corrected chi connectivity index (χ1v) is 7.31. The number of para-hydroxylation sites is 1. The molecule has 0 aliphatic carbocycles. The Kier molecular flexibility index (Phi) is 4.02. The number of anilines is 1. The van der Waals surface area contributed by atoms with Crippen LogP contribution in [0.4, 0.5) is 5.69 Å². The lowest BCUT2D eigenvalue weighted by atomic mass is 10.1. The van der Waals surface area contributed by atoms with Crippen molar-refractivity contribution in [2.24, 2.45) is 0 Å². The van der Waals surface area contributed by atoms with Gasteiger partial charge in [0.25, 0.3) is 0 Å². The zero-order valence-electron chi connectivity index (χ0n) is 12.7. The molecule has 1 aromatic heterocycles. The molecule has 3 rings (SSSR count). The summed E-state index contributed by atoms with van der Waals surface area (Å²) in [5, 5.41) is 0.980. The Morgan fingerprint density at radius 2 is 1.83 bits per heavy atom. The molecule has 0 aliphatic rings. The largest absolute Gasteiger partial charge is 0.399 e. The summed E-state index contributed by atoms with van der Waals surface area (Å²) in [6.07, 6.45) is 5.40. The maximum Gasteiger partial charge on any atom is 0.160 e. The van der Waals surface area contributed by atoms with Crippen LogP contribution in [0, 0.1) is 0 Å². The average molecular weight is 299 g/mol. The van der Waals surface area contributed by atoms with Gasteiger partial charge in [-0.05, 0) is 18.2 Å². The van der Waals surface area contributed by atoms with Gasteiger partial charge in [0.05, 0.1) is 11.2 Å². The molecule has 3 nitrogen and oxygen atoms in total. The summed E-state index contributed by atoms with van der Waals surface area (Å²) in [7, 11) is 0. The van der Waals surface area contributed by atoms with Crippen LogP contribution in [0.5, 0.6) is 0 Å². The van der Waals surface area contributed by atoms with Crippen LogP contribution in [0.25, 0.3) is 27.9 Å². The van der Waals surface area contributed by atoms with E-state index in [4.69, 9.17) is 10.7 Å². The molecule has 0 bridgehead atoms. The first-order valence-electron chi connectivity index (χ1n) is 7.31. The molecule has 112 valence electrons. The van der Waals surface area contributed by atoms with Gasteiger partial charge in [-0.3, -0.25) is 0 Å². The van der Waals surface area contributed by atoms with Crippen LogP contribution in [-0.2, 0) is 0 Å². The number of hydrogen-bond donors (Lipinski definition) is 1. The molecule has 0 unspecified atom stereocenters. The van der Waals surface area contributed by atoms with Crippen molar-refractivity contribution in [2.75, 3.05) is 5.73 Å². The van der Waals surface area contributed by atoms with Crippen molar-refractivity contribution < 1.29 is 0 Å². The summed E-state index contributed by atoms with van der Waals surface area (Å²) in [6, 6.07) is 15.5. The van der Waals surface area contributed by atoms with E-state index < -0.39 is 0 Å². The van der Waals surface area contributed by atoms with Crippen molar-refractivity contribution in [1.82, 2.24) is 9.97 Å². The Morgan fingerprint density at radius 3 is 2.57 bits per heavy atom. The van der Waals surface area contributed by atoms with Crippen molar-refractivity contribution in [1.29, 1.82) is 0 Å². The third kappa shape index (κ3) is 2.90. The van der Waals surface area contributed by atoms with Crippen LogP contribution in [0.1, 0.15) is 5.69 Å². The molecular weight excluding hydrogens is 282 g/mol. The summed E-state index contributed by atoms with van der Waals surface area (Å²) >= 11 is 0. The number of benzene rings is 2. The van der Waals surface area contributed by atoms with Crippen LogP contribution < -0.4 is 5.73 Å². The molecular formula is C20H17N3. The molecule has 1 heterocycles. The zero-order chi connectivity index (χ0) is 16.2. The maximum absolute atomic E-state index is 5.88. The molecule has 0 atom stereocenters. The lowest BCUT2D eigenvalue weighted by molar-refractivity contribution is 1.20. The molecule has 3 aromatic rings. The topological polar surface area (TPSA) is 51.8 Å². The molecule has 0 spiro atoms. The van der Waals surface area contributed by atoms with Crippen molar-refractivity contribution in [3.05, 3.63) is 85.6 Å². The summed E-state index contributed by atoms with van der Waals surface area (Å²) in [5.74, 6) is 0.641. The molecule has 0 aliphatic heterocycles.